The van der Waals surface area contributed by atoms with Gasteiger partial charge in [0.15, 0.2) is 11.6 Å². The van der Waals surface area contributed by atoms with E-state index in [0.29, 0.717) is 46.7 Å². The molecule has 2 aromatic heterocycles. The summed E-state index contributed by atoms with van der Waals surface area (Å²) in [5, 5.41) is 7.37. The first-order valence-electron chi connectivity index (χ1n) is 13.8. The number of rotatable bonds is 7. The molecule has 0 spiro atoms. The Morgan fingerprint density at radius 3 is 2.66 bits per heavy atom. The van der Waals surface area contributed by atoms with Crippen LogP contribution in [0.25, 0.3) is 22.3 Å². The van der Waals surface area contributed by atoms with Gasteiger partial charge in [-0.15, -0.1) is 11.8 Å². The van der Waals surface area contributed by atoms with Gasteiger partial charge in [-0.3, -0.25) is 4.79 Å². The van der Waals surface area contributed by atoms with Crippen molar-refractivity contribution in [1.82, 2.24) is 15.0 Å². The maximum absolute atomic E-state index is 15.1. The molecule has 230 valence electrons. The molecule has 1 unspecified atom stereocenters. The van der Waals surface area contributed by atoms with Gasteiger partial charge >= 0.3 is 0 Å². The Morgan fingerprint density at radius 1 is 1.16 bits per heavy atom. The molecule has 3 N–H and O–H groups in total. The highest BCUT2D eigenvalue weighted by Crippen LogP contribution is 2.46. The summed E-state index contributed by atoms with van der Waals surface area (Å²) >= 11 is 1.21. The van der Waals surface area contributed by atoms with E-state index in [4.69, 9.17) is 19.4 Å². The summed E-state index contributed by atoms with van der Waals surface area (Å²) in [6.45, 7) is 4.19. The third-order valence-corrected chi connectivity index (χ3v) is 8.50. The first-order valence-corrected chi connectivity index (χ1v) is 15.0. The molecule has 12 heteroatoms. The molecule has 0 fully saturated rings. The van der Waals surface area contributed by atoms with Crippen LogP contribution < -0.4 is 9.47 Å². The van der Waals surface area contributed by atoms with E-state index < -0.39 is 22.9 Å². The highest BCUT2D eigenvalue weighted by atomic mass is 32.2. The number of benzene rings is 3. The molecule has 7 nitrogen and oxygen atoms in total. The molecule has 1 atom stereocenters. The van der Waals surface area contributed by atoms with E-state index in [9.17, 15) is 8.78 Å². The van der Waals surface area contributed by atoms with Crippen LogP contribution in [0.1, 0.15) is 43.5 Å². The Balaban J connectivity index is 0.00000123. The molecule has 1 aliphatic rings. The molecule has 0 aliphatic carbocycles. The largest absolute Gasteiger partial charge is 0.493 e. The number of carboxylic acid groups (broad SMARTS) is 1. The molecule has 0 bridgehead atoms. The maximum atomic E-state index is 15.1. The van der Waals surface area contributed by atoms with Crippen LogP contribution >= 0.6 is 11.8 Å². The molecule has 0 saturated carbocycles. The third-order valence-electron chi connectivity index (χ3n) is 7.69. The fraction of sp³-hybridized carbons (Fsp3) is 0.250. The zero-order valence-electron chi connectivity index (χ0n) is 24.1. The van der Waals surface area contributed by atoms with Crippen LogP contribution in [0.5, 0.6) is 17.2 Å². The molecule has 5 aromatic rings. The summed E-state index contributed by atoms with van der Waals surface area (Å²) in [5.41, 5.74) is 1.68. The minimum Gasteiger partial charge on any atom is -0.493 e. The van der Waals surface area contributed by atoms with Crippen LogP contribution in [-0.2, 0) is 16.6 Å². The zero-order chi connectivity index (χ0) is 31.6. The summed E-state index contributed by atoms with van der Waals surface area (Å²) < 4.78 is 71.4. The van der Waals surface area contributed by atoms with Crippen LogP contribution in [-0.4, -0.2) is 39.4 Å². The van der Waals surface area contributed by atoms with Gasteiger partial charge in [0.25, 0.3) is 6.47 Å². The van der Waals surface area contributed by atoms with Crippen LogP contribution in [0.3, 0.4) is 0 Å². The van der Waals surface area contributed by atoms with Crippen molar-refractivity contribution in [1.29, 1.82) is 0 Å². The molecule has 0 amide bonds. The molecule has 3 aromatic carbocycles. The van der Waals surface area contributed by atoms with Crippen molar-refractivity contribution < 1.29 is 36.9 Å². The SMILES string of the molecule is CCCc1cc(F)cc2c1OCCC2(C)c1cnc(-c2cc(Oc3c(F)c(F)c4[nH]ccc4c3SC)ccc2F)[nH]1.O=CO. The number of imidazole rings is 1. The van der Waals surface area contributed by atoms with Gasteiger partial charge in [-0.25, -0.2) is 18.2 Å². The summed E-state index contributed by atoms with van der Waals surface area (Å²) in [6.07, 6.45) is 6.96. The number of aromatic nitrogens is 3. The van der Waals surface area contributed by atoms with Crippen LogP contribution in [0.15, 0.2) is 53.7 Å². The van der Waals surface area contributed by atoms with Crippen molar-refractivity contribution >= 4 is 29.1 Å². The number of nitrogens with zero attached hydrogens (tertiary/aromatic N) is 1. The Morgan fingerprint density at radius 2 is 1.93 bits per heavy atom. The third kappa shape index (κ3) is 5.49. The number of hydrogen-bond donors (Lipinski definition) is 3. The van der Waals surface area contributed by atoms with Crippen molar-refractivity contribution in [3.05, 3.63) is 88.9 Å². The predicted octanol–water partition coefficient (Wildman–Crippen LogP) is 8.37. The number of thioether (sulfide) groups is 1. The van der Waals surface area contributed by atoms with Crippen LogP contribution in [0, 0.1) is 23.3 Å². The monoisotopic (exact) mass is 627 g/mol. The van der Waals surface area contributed by atoms with Gasteiger partial charge in [0.1, 0.15) is 29.0 Å². The molecular formula is C32H29F4N3O4S. The first kappa shape index (κ1) is 31.0. The number of nitrogens with one attached hydrogen (secondary N) is 2. The van der Waals surface area contributed by atoms with E-state index in [1.807, 2.05) is 13.8 Å². The Labute approximate surface area is 254 Å². The highest BCUT2D eigenvalue weighted by molar-refractivity contribution is 7.99. The van der Waals surface area contributed by atoms with Gasteiger partial charge in [0, 0.05) is 34.5 Å². The Kier molecular flexibility index (Phi) is 8.91. The molecule has 1 aliphatic heterocycles. The van der Waals surface area contributed by atoms with Gasteiger partial charge in [0.05, 0.1) is 22.6 Å². The van der Waals surface area contributed by atoms with Crippen LogP contribution in [0.2, 0.25) is 0 Å². The number of aryl methyl sites for hydroxylation is 1. The predicted molar refractivity (Wildman–Crippen MR) is 160 cm³/mol. The summed E-state index contributed by atoms with van der Waals surface area (Å²) in [6, 6.07) is 8.56. The van der Waals surface area contributed by atoms with E-state index >= 15 is 8.78 Å². The summed E-state index contributed by atoms with van der Waals surface area (Å²) in [4.78, 5) is 19.1. The molecule has 0 radical (unpaired) electrons. The standard InChI is InChI=1S/C31H27F4N3O2S.CH2O2/c1-4-5-16-12-17(32)13-21-27(16)39-11-9-31(21,2)23-15-37-30(38-23)20-14-18(6-7-22(20)33)40-28-25(35)24(34)26-19(8-10-36-26)29(28)41-3;2-1-3/h6-8,10,12-15,36H,4-5,9,11H2,1-3H3,(H,37,38);1H,(H,2,3). The smallest absolute Gasteiger partial charge is 0.290 e. The van der Waals surface area contributed by atoms with E-state index in [2.05, 4.69) is 15.0 Å². The highest BCUT2D eigenvalue weighted by Gasteiger charge is 2.38. The van der Waals surface area contributed by atoms with Crippen molar-refractivity contribution in [2.45, 2.75) is 43.4 Å². The fourth-order valence-corrected chi connectivity index (χ4v) is 6.23. The van der Waals surface area contributed by atoms with Gasteiger partial charge in [0.2, 0.25) is 5.82 Å². The number of aromatic amines is 2. The number of fused-ring (bicyclic) bond motifs is 2. The maximum Gasteiger partial charge on any atom is 0.290 e. The second-order valence-electron chi connectivity index (χ2n) is 10.4. The van der Waals surface area contributed by atoms with Crippen molar-refractivity contribution in [3.63, 3.8) is 0 Å². The van der Waals surface area contributed by atoms with Crippen molar-refractivity contribution in [2.24, 2.45) is 0 Å². The van der Waals surface area contributed by atoms with Gasteiger partial charge < -0.3 is 24.5 Å². The normalized spacial score (nSPS) is 15.7. The second kappa shape index (κ2) is 12.7. The lowest BCUT2D eigenvalue weighted by Crippen LogP contribution is -2.32. The zero-order valence-corrected chi connectivity index (χ0v) is 24.9. The van der Waals surface area contributed by atoms with Gasteiger partial charge in [-0.1, -0.05) is 13.3 Å². The molecule has 44 heavy (non-hydrogen) atoms. The van der Waals surface area contributed by atoms with E-state index in [1.165, 1.54) is 48.3 Å². The lowest BCUT2D eigenvalue weighted by atomic mass is 9.74. The quantitative estimate of drug-likeness (QED) is 0.0953. The molecular weight excluding hydrogens is 598 g/mol. The summed E-state index contributed by atoms with van der Waals surface area (Å²) in [7, 11) is 0. The second-order valence-corrected chi connectivity index (χ2v) is 11.2. The minimum atomic E-state index is -1.14. The van der Waals surface area contributed by atoms with Crippen molar-refractivity contribution in [3.8, 4) is 28.6 Å². The molecule has 6 rings (SSSR count). The average Bonchev–Trinajstić information content (AvgIpc) is 3.69. The number of H-pyrrole nitrogens is 2. The van der Waals surface area contributed by atoms with Gasteiger partial charge in [-0.2, -0.15) is 4.39 Å². The number of ether oxygens (including phenoxy) is 2. The number of carbonyl (C=O) groups is 1. The van der Waals surface area contributed by atoms with E-state index in [0.717, 1.165) is 12.0 Å². The Bertz CT molecular complexity index is 1840. The minimum absolute atomic E-state index is 0.0481. The van der Waals surface area contributed by atoms with E-state index in [-0.39, 0.29) is 40.7 Å². The Hall–Kier alpha value is -4.45. The number of halogens is 4. The fourth-order valence-electron chi connectivity index (χ4n) is 5.53. The van der Waals surface area contributed by atoms with Gasteiger partial charge in [-0.05, 0) is 68.0 Å². The first-order chi connectivity index (χ1) is 21.2. The van der Waals surface area contributed by atoms with Crippen molar-refractivity contribution in [2.75, 3.05) is 12.9 Å². The lowest BCUT2D eigenvalue weighted by molar-refractivity contribution is -0.122. The van der Waals surface area contributed by atoms with E-state index in [1.54, 1.807) is 18.5 Å². The topological polar surface area (TPSA) is 100 Å². The average molecular weight is 628 g/mol. The lowest BCUT2D eigenvalue weighted by Gasteiger charge is -2.36. The number of hydrogen-bond acceptors (Lipinski definition) is 5. The summed E-state index contributed by atoms with van der Waals surface area (Å²) in [5.74, 6) is -2.39. The van der Waals surface area contributed by atoms with Crippen LogP contribution in [0.4, 0.5) is 17.6 Å². The molecule has 3 heterocycles. The molecule has 0 saturated heterocycles.